The third kappa shape index (κ3) is 11.4. The minimum absolute atomic E-state index is 0.338. The lowest BCUT2D eigenvalue weighted by molar-refractivity contribution is 0.423. The molecule has 4 heteroatoms. The maximum atomic E-state index is 4.94. The lowest BCUT2D eigenvalue weighted by Gasteiger charge is -1.93. The zero-order valence-corrected chi connectivity index (χ0v) is 5.71. The van der Waals surface area contributed by atoms with Crippen LogP contribution in [0.3, 0.4) is 0 Å². The van der Waals surface area contributed by atoms with Crippen LogP contribution in [-0.2, 0) is 4.74 Å². The molecule has 1 fully saturated rings. The van der Waals surface area contributed by atoms with E-state index in [9.17, 15) is 0 Å². The molecule has 1 rings (SSSR count). The highest BCUT2D eigenvalue weighted by molar-refractivity contribution is 4.58. The summed E-state index contributed by atoms with van der Waals surface area (Å²) in [5.41, 5.74) is 14.8. The van der Waals surface area contributed by atoms with Crippen LogP contribution in [0, 0.1) is 0 Å². The second-order valence-electron chi connectivity index (χ2n) is 2.04. The van der Waals surface area contributed by atoms with Crippen molar-refractivity contribution < 1.29 is 4.74 Å². The number of hydrogen-bond acceptors (Lipinski definition) is 4. The van der Waals surface area contributed by atoms with Gasteiger partial charge in [0.05, 0.1) is 18.9 Å². The van der Waals surface area contributed by atoms with Crippen molar-refractivity contribution in [1.82, 2.24) is 0 Å². The lowest BCUT2D eigenvalue weighted by Crippen LogP contribution is -2.37. The zero-order chi connectivity index (χ0) is 7.28. The van der Waals surface area contributed by atoms with Gasteiger partial charge in [-0.05, 0) is 6.92 Å². The Hall–Kier alpha value is -0.160. The molecule has 0 aromatic heterocycles. The summed E-state index contributed by atoms with van der Waals surface area (Å²) in [5, 5.41) is 0. The molecular weight excluding hydrogens is 118 g/mol. The first-order valence-electron chi connectivity index (χ1n) is 2.99. The van der Waals surface area contributed by atoms with Crippen molar-refractivity contribution in [2.24, 2.45) is 17.2 Å². The van der Waals surface area contributed by atoms with Crippen LogP contribution in [0.15, 0.2) is 0 Å². The summed E-state index contributed by atoms with van der Waals surface area (Å²) >= 11 is 0. The molecule has 1 saturated heterocycles. The van der Waals surface area contributed by atoms with Gasteiger partial charge in [0.15, 0.2) is 0 Å². The minimum atomic E-state index is -0.338. The molecule has 4 nitrogen and oxygen atoms in total. The van der Waals surface area contributed by atoms with E-state index in [2.05, 4.69) is 6.92 Å². The van der Waals surface area contributed by atoms with Crippen molar-refractivity contribution in [1.29, 1.82) is 0 Å². The van der Waals surface area contributed by atoms with Crippen molar-refractivity contribution in [2.75, 3.05) is 13.2 Å². The molecule has 0 aromatic carbocycles. The van der Waals surface area contributed by atoms with Gasteiger partial charge in [-0.15, -0.1) is 0 Å². The van der Waals surface area contributed by atoms with E-state index in [0.29, 0.717) is 12.6 Å². The first-order chi connectivity index (χ1) is 4.16. The maximum absolute atomic E-state index is 4.94. The molecule has 1 aliphatic heterocycles. The SMILES string of the molecule is CC1CO1.NCC(N)N. The summed E-state index contributed by atoms with van der Waals surface area (Å²) in [5.74, 6) is 0. The van der Waals surface area contributed by atoms with E-state index in [1.165, 1.54) is 0 Å². The number of hydrogen-bond donors (Lipinski definition) is 3. The third-order valence-corrected chi connectivity index (χ3v) is 0.772. The van der Waals surface area contributed by atoms with E-state index in [1.54, 1.807) is 0 Å². The van der Waals surface area contributed by atoms with Crippen molar-refractivity contribution >= 4 is 0 Å². The Morgan fingerprint density at radius 2 is 1.89 bits per heavy atom. The molecule has 0 spiro atoms. The molecule has 1 heterocycles. The number of ether oxygens (including phenoxy) is 1. The average molecular weight is 133 g/mol. The molecule has 1 aliphatic rings. The Morgan fingerprint density at radius 1 is 1.67 bits per heavy atom. The second kappa shape index (κ2) is 4.69. The summed E-state index contributed by atoms with van der Waals surface area (Å²) in [7, 11) is 0. The van der Waals surface area contributed by atoms with E-state index >= 15 is 0 Å². The maximum Gasteiger partial charge on any atom is 0.0781 e. The van der Waals surface area contributed by atoms with Gasteiger partial charge < -0.3 is 21.9 Å². The molecule has 0 amide bonds. The van der Waals surface area contributed by atoms with Crippen LogP contribution < -0.4 is 17.2 Å². The number of epoxide rings is 1. The van der Waals surface area contributed by atoms with Crippen LogP contribution in [0.25, 0.3) is 0 Å². The highest BCUT2D eigenvalue weighted by Gasteiger charge is 2.13. The number of nitrogens with two attached hydrogens (primary N) is 3. The first kappa shape index (κ1) is 8.84. The summed E-state index contributed by atoms with van der Waals surface area (Å²) in [6.45, 7) is 3.40. The Bertz CT molecular complexity index is 63.2. The number of rotatable bonds is 1. The Labute approximate surface area is 55.3 Å². The van der Waals surface area contributed by atoms with E-state index in [0.717, 1.165) is 6.61 Å². The standard InChI is InChI=1S/C3H6O.C2H9N3/c1-3-2-4-3;3-1-2(4)5/h3H,2H2,1H3;2H,1,3-5H2. The van der Waals surface area contributed by atoms with Gasteiger partial charge >= 0.3 is 0 Å². The Morgan fingerprint density at radius 3 is 1.89 bits per heavy atom. The van der Waals surface area contributed by atoms with Crippen molar-refractivity contribution in [3.63, 3.8) is 0 Å². The van der Waals surface area contributed by atoms with Crippen LogP contribution in [0.4, 0.5) is 0 Å². The fourth-order valence-corrected chi connectivity index (χ4v) is 0.0962. The van der Waals surface area contributed by atoms with Gasteiger partial charge in [0.25, 0.3) is 0 Å². The summed E-state index contributed by atoms with van der Waals surface area (Å²) in [4.78, 5) is 0. The smallest absolute Gasteiger partial charge is 0.0781 e. The highest BCUT2D eigenvalue weighted by Crippen LogP contribution is 2.04. The molecular formula is C5H15N3O. The first-order valence-corrected chi connectivity index (χ1v) is 2.99. The minimum Gasteiger partial charge on any atom is -0.373 e. The van der Waals surface area contributed by atoms with Gasteiger partial charge in [-0.3, -0.25) is 0 Å². The van der Waals surface area contributed by atoms with Gasteiger partial charge in [-0.1, -0.05) is 0 Å². The molecule has 0 saturated carbocycles. The molecule has 1 unspecified atom stereocenters. The molecule has 6 N–H and O–H groups in total. The van der Waals surface area contributed by atoms with Gasteiger partial charge in [0, 0.05) is 6.54 Å². The predicted molar refractivity (Wildman–Crippen MR) is 36.6 cm³/mol. The van der Waals surface area contributed by atoms with Crippen LogP contribution in [-0.4, -0.2) is 25.4 Å². The fraction of sp³-hybridized carbons (Fsp3) is 1.00. The van der Waals surface area contributed by atoms with E-state index in [-0.39, 0.29) is 6.17 Å². The predicted octanol–water partition coefficient (Wildman–Crippen LogP) is -1.41. The van der Waals surface area contributed by atoms with Crippen LogP contribution in [0.5, 0.6) is 0 Å². The normalized spacial score (nSPS) is 23.0. The summed E-state index contributed by atoms with van der Waals surface area (Å²) in [6.07, 6.45) is 0.245. The van der Waals surface area contributed by atoms with Crippen LogP contribution in [0.2, 0.25) is 0 Å². The van der Waals surface area contributed by atoms with Gasteiger partial charge in [0.2, 0.25) is 0 Å². The zero-order valence-electron chi connectivity index (χ0n) is 5.71. The Kier molecular flexibility index (Phi) is 4.61. The van der Waals surface area contributed by atoms with Crippen LogP contribution >= 0.6 is 0 Å². The summed E-state index contributed by atoms with van der Waals surface area (Å²) < 4.78 is 4.71. The van der Waals surface area contributed by atoms with E-state index < -0.39 is 0 Å². The molecule has 9 heavy (non-hydrogen) atoms. The van der Waals surface area contributed by atoms with Gasteiger partial charge in [-0.25, -0.2) is 0 Å². The quantitative estimate of drug-likeness (QED) is 0.303. The van der Waals surface area contributed by atoms with E-state index in [4.69, 9.17) is 21.9 Å². The topological polar surface area (TPSA) is 90.6 Å². The molecule has 0 radical (unpaired) electrons. The van der Waals surface area contributed by atoms with Crippen molar-refractivity contribution in [3.05, 3.63) is 0 Å². The summed E-state index contributed by atoms with van der Waals surface area (Å²) in [6, 6.07) is 0. The molecule has 0 bridgehead atoms. The molecule has 56 valence electrons. The molecule has 0 aromatic rings. The van der Waals surface area contributed by atoms with Gasteiger partial charge in [0.1, 0.15) is 0 Å². The monoisotopic (exact) mass is 133 g/mol. The largest absolute Gasteiger partial charge is 0.373 e. The second-order valence-corrected chi connectivity index (χ2v) is 2.04. The van der Waals surface area contributed by atoms with E-state index in [1.807, 2.05) is 0 Å². The third-order valence-electron chi connectivity index (χ3n) is 0.772. The average Bonchev–Trinajstić information content (AvgIpc) is 2.53. The Balaban J connectivity index is 0.000000144. The lowest BCUT2D eigenvalue weighted by atomic mass is 10.6. The van der Waals surface area contributed by atoms with Crippen LogP contribution in [0.1, 0.15) is 6.92 Å². The van der Waals surface area contributed by atoms with Crippen molar-refractivity contribution in [2.45, 2.75) is 19.2 Å². The molecule has 0 aliphatic carbocycles. The fourth-order valence-electron chi connectivity index (χ4n) is 0.0962. The molecule has 1 atom stereocenters. The highest BCUT2D eigenvalue weighted by atomic mass is 16.6. The van der Waals surface area contributed by atoms with Crippen molar-refractivity contribution in [3.8, 4) is 0 Å². The van der Waals surface area contributed by atoms with Gasteiger partial charge in [-0.2, -0.15) is 0 Å².